The highest BCUT2D eigenvalue weighted by molar-refractivity contribution is 5.94. The zero-order valence-electron chi connectivity index (χ0n) is 24.0. The first kappa shape index (κ1) is 31.6. The zero-order chi connectivity index (χ0) is 29.9. The van der Waals surface area contributed by atoms with Crippen LogP contribution in [0.4, 0.5) is 0 Å². The molecule has 0 radical (unpaired) electrons. The summed E-state index contributed by atoms with van der Waals surface area (Å²) < 4.78 is 12.0. The van der Waals surface area contributed by atoms with Crippen molar-refractivity contribution < 1.29 is 28.7 Å². The topological polar surface area (TPSA) is 175 Å². The Labute approximate surface area is 240 Å². The van der Waals surface area contributed by atoms with E-state index >= 15 is 0 Å². The van der Waals surface area contributed by atoms with Crippen molar-refractivity contribution in [3.05, 3.63) is 47.5 Å². The van der Waals surface area contributed by atoms with E-state index in [1.807, 2.05) is 30.3 Å². The van der Waals surface area contributed by atoms with Gasteiger partial charge in [0.15, 0.2) is 5.78 Å². The second kappa shape index (κ2) is 15.2. The smallest absolute Gasteiger partial charge is 0.243 e. The van der Waals surface area contributed by atoms with Crippen LogP contribution in [0, 0.1) is 0 Å². The number of fused-ring (bicyclic) bond motifs is 5. The summed E-state index contributed by atoms with van der Waals surface area (Å²) in [7, 11) is 0. The van der Waals surface area contributed by atoms with Crippen LogP contribution in [0.5, 0.6) is 11.5 Å². The molecule has 0 aromatic heterocycles. The second-order valence-electron chi connectivity index (χ2n) is 10.2. The summed E-state index contributed by atoms with van der Waals surface area (Å²) in [5, 5.41) is 8.13. The third-order valence-corrected chi connectivity index (χ3v) is 6.81. The molecule has 3 amide bonds. The van der Waals surface area contributed by atoms with Gasteiger partial charge in [-0.3, -0.25) is 19.2 Å². The SMILES string of the molecule is CC(=O)[C@H](C)NC(=O)[C@@H]1Cc2ccc(OCCN)c(c2)-c2cc(ccc2OCCN)CCCC(=O)N[C@@H](C)C(=O)N1. The van der Waals surface area contributed by atoms with Gasteiger partial charge in [0.25, 0.3) is 0 Å². The number of Topliss-reactive ketones (excluding diaryl/α,β-unsaturated/α-hetero) is 1. The predicted molar refractivity (Wildman–Crippen MR) is 155 cm³/mol. The van der Waals surface area contributed by atoms with Gasteiger partial charge in [0.05, 0.1) is 6.04 Å². The first-order chi connectivity index (χ1) is 19.6. The molecule has 0 aliphatic carbocycles. The van der Waals surface area contributed by atoms with E-state index in [1.54, 1.807) is 19.9 Å². The van der Waals surface area contributed by atoms with Crippen LogP contribution in [0.1, 0.15) is 44.7 Å². The largest absolute Gasteiger partial charge is 0.492 e. The number of ether oxygens (including phenoxy) is 2. The first-order valence-corrected chi connectivity index (χ1v) is 14.0. The molecule has 0 unspecified atom stereocenters. The molecule has 1 aliphatic rings. The summed E-state index contributed by atoms with van der Waals surface area (Å²) in [6.45, 7) is 5.79. The second-order valence-corrected chi connectivity index (χ2v) is 10.2. The van der Waals surface area contributed by atoms with Crippen LogP contribution in [0.15, 0.2) is 36.4 Å². The van der Waals surface area contributed by atoms with Crippen LogP contribution >= 0.6 is 0 Å². The zero-order valence-corrected chi connectivity index (χ0v) is 24.0. The molecule has 11 nitrogen and oxygen atoms in total. The van der Waals surface area contributed by atoms with E-state index in [1.165, 1.54) is 6.92 Å². The normalized spacial score (nSPS) is 18.5. The minimum absolute atomic E-state index is 0.117. The maximum absolute atomic E-state index is 13.3. The van der Waals surface area contributed by atoms with Crippen LogP contribution < -0.4 is 36.9 Å². The van der Waals surface area contributed by atoms with Crippen molar-refractivity contribution in [3.8, 4) is 22.6 Å². The quantitative estimate of drug-likeness (QED) is 0.298. The maximum Gasteiger partial charge on any atom is 0.243 e. The van der Waals surface area contributed by atoms with Gasteiger partial charge in [-0.1, -0.05) is 12.1 Å². The van der Waals surface area contributed by atoms with Crippen molar-refractivity contribution in [2.75, 3.05) is 26.3 Å². The number of nitrogens with one attached hydrogen (secondary N) is 3. The summed E-state index contributed by atoms with van der Waals surface area (Å²) >= 11 is 0. The highest BCUT2D eigenvalue weighted by Gasteiger charge is 2.27. The van der Waals surface area contributed by atoms with Gasteiger partial charge in [-0.25, -0.2) is 0 Å². The Morgan fingerprint density at radius 2 is 1.54 bits per heavy atom. The van der Waals surface area contributed by atoms with Crippen molar-refractivity contribution in [2.24, 2.45) is 11.5 Å². The highest BCUT2D eigenvalue weighted by atomic mass is 16.5. The minimum Gasteiger partial charge on any atom is -0.492 e. The third-order valence-electron chi connectivity index (χ3n) is 6.81. The average molecular weight is 568 g/mol. The van der Waals surface area contributed by atoms with Crippen LogP contribution in [0.3, 0.4) is 0 Å². The molecule has 41 heavy (non-hydrogen) atoms. The molecule has 0 fully saturated rings. The Morgan fingerprint density at radius 1 is 0.951 bits per heavy atom. The van der Waals surface area contributed by atoms with Crippen LogP contribution in [-0.2, 0) is 32.0 Å². The molecule has 7 N–H and O–H groups in total. The maximum atomic E-state index is 13.3. The van der Waals surface area contributed by atoms with E-state index in [4.69, 9.17) is 20.9 Å². The van der Waals surface area contributed by atoms with E-state index in [0.29, 0.717) is 50.6 Å². The van der Waals surface area contributed by atoms with E-state index in [-0.39, 0.29) is 24.5 Å². The predicted octanol–water partition coefficient (Wildman–Crippen LogP) is 0.991. The lowest BCUT2D eigenvalue weighted by atomic mass is 9.95. The number of hydrogen-bond acceptors (Lipinski definition) is 8. The molecule has 3 rings (SSSR count). The number of benzene rings is 2. The van der Waals surface area contributed by atoms with Gasteiger partial charge in [0, 0.05) is 37.1 Å². The van der Waals surface area contributed by atoms with Crippen molar-refractivity contribution in [2.45, 2.75) is 64.6 Å². The lowest BCUT2D eigenvalue weighted by molar-refractivity contribution is -0.132. The molecule has 4 bridgehead atoms. The van der Waals surface area contributed by atoms with E-state index < -0.39 is 29.9 Å². The van der Waals surface area contributed by atoms with Gasteiger partial charge in [0.2, 0.25) is 17.7 Å². The highest BCUT2D eigenvalue weighted by Crippen LogP contribution is 2.38. The number of carbonyl (C=O) groups is 4. The van der Waals surface area contributed by atoms with Gasteiger partial charge in [-0.2, -0.15) is 0 Å². The van der Waals surface area contributed by atoms with Gasteiger partial charge >= 0.3 is 0 Å². The molecular weight excluding hydrogens is 526 g/mol. The molecular formula is C30H41N5O6. The van der Waals surface area contributed by atoms with Gasteiger partial charge in [-0.15, -0.1) is 0 Å². The summed E-state index contributed by atoms with van der Waals surface area (Å²) in [6, 6.07) is 8.76. The molecule has 11 heteroatoms. The molecule has 2 aromatic carbocycles. The van der Waals surface area contributed by atoms with Crippen molar-refractivity contribution in [1.29, 1.82) is 0 Å². The molecule has 1 heterocycles. The lowest BCUT2D eigenvalue weighted by Gasteiger charge is -2.24. The van der Waals surface area contributed by atoms with Crippen molar-refractivity contribution >= 4 is 23.5 Å². The minimum atomic E-state index is -1.01. The Morgan fingerprint density at radius 3 is 2.12 bits per heavy atom. The van der Waals surface area contributed by atoms with Gasteiger partial charge in [0.1, 0.15) is 36.8 Å². The number of nitrogens with two attached hydrogens (primary N) is 2. The van der Waals surface area contributed by atoms with Crippen molar-refractivity contribution in [1.82, 2.24) is 16.0 Å². The average Bonchev–Trinajstić information content (AvgIpc) is 2.94. The first-order valence-electron chi connectivity index (χ1n) is 14.0. The molecule has 2 aromatic rings. The summed E-state index contributed by atoms with van der Waals surface area (Å²) in [6.07, 6.45) is 1.53. The van der Waals surface area contributed by atoms with E-state index in [0.717, 1.165) is 22.3 Å². The molecule has 222 valence electrons. The summed E-state index contributed by atoms with van der Waals surface area (Å²) in [5.41, 5.74) is 14.6. The van der Waals surface area contributed by atoms with E-state index in [2.05, 4.69) is 16.0 Å². The van der Waals surface area contributed by atoms with Crippen molar-refractivity contribution in [3.63, 3.8) is 0 Å². The molecule has 1 aliphatic heterocycles. The number of rotatable bonds is 9. The number of hydrogen-bond donors (Lipinski definition) is 5. The van der Waals surface area contributed by atoms with Crippen LogP contribution in [-0.4, -0.2) is 67.9 Å². The summed E-state index contributed by atoms with van der Waals surface area (Å²) in [4.78, 5) is 50.7. The molecule has 0 spiro atoms. The van der Waals surface area contributed by atoms with Crippen LogP contribution in [0.2, 0.25) is 0 Å². The number of carbonyl (C=O) groups excluding carboxylic acids is 4. The standard InChI is InChI=1S/C30H41N5O6/c1-18(20(3)36)34-30(39)25-17-22-8-10-27(41-14-12-32)24(16-22)23-15-21(7-9-26(23)40-13-11-31)5-4-6-28(37)33-19(2)29(38)35-25/h7-10,15-16,18-19,25H,4-6,11-14,17,31-32H2,1-3H3,(H,33,37)(H,34,39)(H,35,38)/t18-,19-,25-/m0/s1. The Kier molecular flexibility index (Phi) is 11.7. The monoisotopic (exact) mass is 567 g/mol. The fourth-order valence-electron chi connectivity index (χ4n) is 4.44. The number of amides is 3. The molecule has 0 saturated heterocycles. The fourth-order valence-corrected chi connectivity index (χ4v) is 4.44. The third kappa shape index (κ3) is 9.02. The number of aryl methyl sites for hydroxylation is 1. The van der Waals surface area contributed by atoms with Crippen LogP contribution in [0.25, 0.3) is 11.1 Å². The summed E-state index contributed by atoms with van der Waals surface area (Å²) in [5.74, 6) is -0.312. The Balaban J connectivity index is 2.13. The van der Waals surface area contributed by atoms with Gasteiger partial charge in [-0.05, 0) is 69.0 Å². The Hall–Kier alpha value is -3.96. The number of ketones is 1. The Bertz CT molecular complexity index is 1250. The molecule has 0 saturated carbocycles. The van der Waals surface area contributed by atoms with Gasteiger partial charge < -0.3 is 36.9 Å². The lowest BCUT2D eigenvalue weighted by Crippen LogP contribution is -2.55. The molecule has 3 atom stereocenters. The van der Waals surface area contributed by atoms with E-state index in [9.17, 15) is 19.2 Å². The fraction of sp³-hybridized carbons (Fsp3) is 0.467.